The first-order valence-electron chi connectivity index (χ1n) is 10.1. The van der Waals surface area contributed by atoms with Crippen LogP contribution in [0, 0.1) is 0 Å². The van der Waals surface area contributed by atoms with Gasteiger partial charge in [-0.2, -0.15) is 0 Å². The summed E-state index contributed by atoms with van der Waals surface area (Å²) in [5.41, 5.74) is 0. The molecule has 1 aliphatic heterocycles. The van der Waals surface area contributed by atoms with Gasteiger partial charge in [-0.3, -0.25) is 9.69 Å². The molecule has 0 aliphatic carbocycles. The molecule has 0 aromatic carbocycles. The largest absolute Gasteiger partial charge is 0.379 e. The summed E-state index contributed by atoms with van der Waals surface area (Å²) in [7, 11) is 0. The third kappa shape index (κ3) is 10.1. The van der Waals surface area contributed by atoms with Crippen molar-refractivity contribution in [1.82, 2.24) is 4.90 Å². The fraction of sp³-hybridized carbons (Fsp3) is 0.950. The second-order valence-corrected chi connectivity index (χ2v) is 7.08. The van der Waals surface area contributed by atoms with Gasteiger partial charge >= 0.3 is 0 Å². The van der Waals surface area contributed by atoms with Gasteiger partial charge < -0.3 is 4.74 Å². The quantitative estimate of drug-likeness (QED) is 0.422. The Balaban J connectivity index is 1.89. The Morgan fingerprint density at radius 2 is 1.35 bits per heavy atom. The first-order chi connectivity index (χ1) is 11.3. The summed E-state index contributed by atoms with van der Waals surface area (Å²) in [4.78, 5) is 14.5. The highest BCUT2D eigenvalue weighted by atomic mass is 16.5. The molecule has 0 radical (unpaired) electrons. The van der Waals surface area contributed by atoms with Crippen LogP contribution < -0.4 is 0 Å². The number of rotatable bonds is 14. The van der Waals surface area contributed by atoms with Gasteiger partial charge in [-0.1, -0.05) is 71.1 Å². The highest BCUT2D eigenvalue weighted by Gasteiger charge is 2.22. The van der Waals surface area contributed by atoms with Crippen LogP contribution in [0.1, 0.15) is 90.9 Å². The molecule has 0 N–H and O–H groups in total. The summed E-state index contributed by atoms with van der Waals surface area (Å²) in [6.45, 7) is 7.70. The lowest BCUT2D eigenvalue weighted by molar-refractivity contribution is -0.125. The predicted octanol–water partition coefficient (Wildman–Crippen LogP) is 4.98. The number of hydrogen-bond acceptors (Lipinski definition) is 3. The van der Waals surface area contributed by atoms with E-state index >= 15 is 0 Å². The van der Waals surface area contributed by atoms with E-state index in [-0.39, 0.29) is 6.04 Å². The van der Waals surface area contributed by atoms with Crippen molar-refractivity contribution in [2.75, 3.05) is 26.3 Å². The van der Waals surface area contributed by atoms with E-state index in [4.69, 9.17) is 4.74 Å². The van der Waals surface area contributed by atoms with Gasteiger partial charge in [0.25, 0.3) is 0 Å². The minimum Gasteiger partial charge on any atom is -0.379 e. The van der Waals surface area contributed by atoms with Gasteiger partial charge in [0, 0.05) is 19.5 Å². The monoisotopic (exact) mass is 325 g/mol. The number of morpholine rings is 1. The van der Waals surface area contributed by atoms with Gasteiger partial charge in [0.05, 0.1) is 19.3 Å². The third-order valence-corrected chi connectivity index (χ3v) is 5.09. The van der Waals surface area contributed by atoms with Gasteiger partial charge in [0.1, 0.15) is 5.78 Å². The van der Waals surface area contributed by atoms with Crippen molar-refractivity contribution in [3.05, 3.63) is 0 Å². The molecule has 1 fully saturated rings. The van der Waals surface area contributed by atoms with Crippen LogP contribution in [-0.2, 0) is 9.53 Å². The molecule has 1 saturated heterocycles. The summed E-state index contributed by atoms with van der Waals surface area (Å²) in [6, 6.07) is 0.0852. The number of ether oxygens (including phenoxy) is 1. The summed E-state index contributed by atoms with van der Waals surface area (Å²) < 4.78 is 5.35. The molecular weight excluding hydrogens is 286 g/mol. The Bertz CT molecular complexity index is 287. The number of Topliss-reactive ketones (excluding diaryl/α,β-unsaturated/α-hetero) is 1. The van der Waals surface area contributed by atoms with Crippen LogP contribution in [0.3, 0.4) is 0 Å². The van der Waals surface area contributed by atoms with Crippen molar-refractivity contribution in [3.8, 4) is 0 Å². The molecule has 0 amide bonds. The second-order valence-electron chi connectivity index (χ2n) is 7.08. The molecule has 0 saturated carbocycles. The Kier molecular flexibility index (Phi) is 12.5. The zero-order chi connectivity index (χ0) is 16.8. The van der Waals surface area contributed by atoms with Crippen molar-refractivity contribution < 1.29 is 9.53 Å². The van der Waals surface area contributed by atoms with E-state index in [2.05, 4.69) is 18.7 Å². The van der Waals surface area contributed by atoms with Gasteiger partial charge in [0.2, 0.25) is 0 Å². The van der Waals surface area contributed by atoms with E-state index in [1.807, 2.05) is 0 Å². The normalized spacial score (nSPS) is 17.3. The molecule has 136 valence electrons. The molecule has 0 bridgehead atoms. The molecule has 23 heavy (non-hydrogen) atoms. The summed E-state index contributed by atoms with van der Waals surface area (Å²) in [5.74, 6) is 0.419. The fourth-order valence-electron chi connectivity index (χ4n) is 3.34. The Labute approximate surface area is 144 Å². The molecule has 0 aromatic rings. The first kappa shape index (κ1) is 20.6. The Morgan fingerprint density at radius 3 is 1.87 bits per heavy atom. The topological polar surface area (TPSA) is 29.5 Å². The summed E-state index contributed by atoms with van der Waals surface area (Å²) >= 11 is 0. The Morgan fingerprint density at radius 1 is 0.870 bits per heavy atom. The van der Waals surface area contributed by atoms with E-state index < -0.39 is 0 Å². The van der Waals surface area contributed by atoms with Crippen LogP contribution in [0.15, 0.2) is 0 Å². The zero-order valence-electron chi connectivity index (χ0n) is 15.7. The molecule has 0 spiro atoms. The highest BCUT2D eigenvalue weighted by Crippen LogP contribution is 2.13. The minimum absolute atomic E-state index is 0.0852. The van der Waals surface area contributed by atoms with Crippen molar-refractivity contribution >= 4 is 5.78 Å². The van der Waals surface area contributed by atoms with E-state index in [0.29, 0.717) is 5.78 Å². The molecule has 1 rings (SSSR count). The number of unbranched alkanes of at least 4 members (excludes halogenated alkanes) is 10. The number of ketones is 1. The molecule has 3 heteroatoms. The van der Waals surface area contributed by atoms with Crippen molar-refractivity contribution in [1.29, 1.82) is 0 Å². The van der Waals surface area contributed by atoms with Crippen molar-refractivity contribution in [2.24, 2.45) is 0 Å². The van der Waals surface area contributed by atoms with Crippen LogP contribution in [0.4, 0.5) is 0 Å². The SMILES string of the molecule is CCCCCCCCCCCCCC(=O)C(C)N1CCOCC1. The Hall–Kier alpha value is -0.410. The van der Waals surface area contributed by atoms with E-state index in [1.54, 1.807) is 0 Å². The maximum Gasteiger partial charge on any atom is 0.149 e. The van der Waals surface area contributed by atoms with Crippen LogP contribution in [-0.4, -0.2) is 43.0 Å². The number of carbonyl (C=O) groups excluding carboxylic acids is 1. The van der Waals surface area contributed by atoms with Crippen LogP contribution >= 0.6 is 0 Å². The molecule has 1 atom stereocenters. The lowest BCUT2D eigenvalue weighted by Crippen LogP contribution is -2.45. The van der Waals surface area contributed by atoms with Crippen molar-refractivity contribution in [3.63, 3.8) is 0 Å². The smallest absolute Gasteiger partial charge is 0.149 e. The molecule has 1 aliphatic rings. The lowest BCUT2D eigenvalue weighted by Gasteiger charge is -2.31. The van der Waals surface area contributed by atoms with Crippen LogP contribution in [0.5, 0.6) is 0 Å². The molecule has 0 aromatic heterocycles. The molecule has 3 nitrogen and oxygen atoms in total. The summed E-state index contributed by atoms with van der Waals surface area (Å²) in [5, 5.41) is 0. The fourth-order valence-corrected chi connectivity index (χ4v) is 3.34. The van der Waals surface area contributed by atoms with E-state index in [1.165, 1.54) is 64.2 Å². The standard InChI is InChI=1S/C20H39NO2/c1-3-4-5-6-7-8-9-10-11-12-13-14-20(22)19(2)21-15-17-23-18-16-21/h19H,3-18H2,1-2H3. The average Bonchev–Trinajstić information content (AvgIpc) is 2.59. The number of hydrogen-bond donors (Lipinski definition) is 0. The van der Waals surface area contributed by atoms with Gasteiger partial charge in [-0.15, -0.1) is 0 Å². The molecule has 1 unspecified atom stereocenters. The predicted molar refractivity (Wildman–Crippen MR) is 97.9 cm³/mol. The van der Waals surface area contributed by atoms with Gasteiger partial charge in [-0.25, -0.2) is 0 Å². The number of carbonyl (C=O) groups is 1. The zero-order valence-corrected chi connectivity index (χ0v) is 15.7. The molecular formula is C20H39NO2. The lowest BCUT2D eigenvalue weighted by atomic mass is 10.0. The van der Waals surface area contributed by atoms with Crippen LogP contribution in [0.25, 0.3) is 0 Å². The number of nitrogens with zero attached hydrogens (tertiary/aromatic N) is 1. The first-order valence-corrected chi connectivity index (χ1v) is 10.1. The minimum atomic E-state index is 0.0852. The highest BCUT2D eigenvalue weighted by molar-refractivity contribution is 5.83. The van der Waals surface area contributed by atoms with Gasteiger partial charge in [-0.05, 0) is 13.3 Å². The summed E-state index contributed by atoms with van der Waals surface area (Å²) in [6.07, 6.45) is 15.5. The molecule has 1 heterocycles. The van der Waals surface area contributed by atoms with E-state index in [9.17, 15) is 4.79 Å². The van der Waals surface area contributed by atoms with E-state index in [0.717, 1.165) is 39.1 Å². The maximum atomic E-state index is 12.2. The maximum absolute atomic E-state index is 12.2. The average molecular weight is 326 g/mol. The third-order valence-electron chi connectivity index (χ3n) is 5.09. The second kappa shape index (κ2) is 14.0. The van der Waals surface area contributed by atoms with Crippen LogP contribution in [0.2, 0.25) is 0 Å². The van der Waals surface area contributed by atoms with Gasteiger partial charge in [0.15, 0.2) is 0 Å². The van der Waals surface area contributed by atoms with Crippen molar-refractivity contribution in [2.45, 2.75) is 96.9 Å².